The minimum absolute atomic E-state index is 0.284. The van der Waals surface area contributed by atoms with Crippen molar-refractivity contribution in [3.05, 3.63) is 118 Å². The van der Waals surface area contributed by atoms with Crippen molar-refractivity contribution in [3.8, 4) is 11.4 Å². The zero-order valence-corrected chi connectivity index (χ0v) is 20.8. The van der Waals surface area contributed by atoms with Gasteiger partial charge in [-0.05, 0) is 46.9 Å². The number of fused-ring (bicyclic) bond motifs is 3. The van der Waals surface area contributed by atoms with Crippen LogP contribution in [-0.4, -0.2) is 9.13 Å². The molecular weight excluding hydrogens is 468 g/mol. The quantitative estimate of drug-likeness (QED) is 0.390. The molecule has 4 heterocycles. The molecule has 0 saturated heterocycles. The topological polar surface area (TPSA) is 86.6 Å². The summed E-state index contributed by atoms with van der Waals surface area (Å²) in [6.07, 6.45) is 7.29. The summed E-state index contributed by atoms with van der Waals surface area (Å²) in [7, 11) is 0. The first kappa shape index (κ1) is 22.1. The number of nitrogen functional groups attached to an aromatic ring is 2. The fourth-order valence-electron chi connectivity index (χ4n) is 5.83. The van der Waals surface area contributed by atoms with Crippen LogP contribution in [0.1, 0.15) is 23.6 Å². The molecule has 0 spiro atoms. The van der Waals surface area contributed by atoms with E-state index in [-0.39, 0.29) is 12.3 Å². The van der Waals surface area contributed by atoms with E-state index in [1.807, 2.05) is 60.7 Å². The summed E-state index contributed by atoms with van der Waals surface area (Å²) in [5.74, 6) is 0. The van der Waals surface area contributed by atoms with Gasteiger partial charge in [-0.1, -0.05) is 73.8 Å². The predicted octanol–water partition coefficient (Wildman–Crippen LogP) is 3.79. The number of anilines is 2. The highest BCUT2D eigenvalue weighted by Gasteiger charge is 2.31. The molecule has 6 heteroatoms. The molecule has 184 valence electrons. The van der Waals surface area contributed by atoms with E-state index in [4.69, 9.17) is 21.5 Å². The van der Waals surface area contributed by atoms with Crippen LogP contribution in [0.15, 0.2) is 95.9 Å². The molecule has 2 aliphatic rings. The molecule has 0 saturated carbocycles. The number of nitrogens with zero attached hydrogens (tertiary/aromatic N) is 4. The molecule has 38 heavy (non-hydrogen) atoms. The Morgan fingerprint density at radius 2 is 1.21 bits per heavy atom. The van der Waals surface area contributed by atoms with Crippen LogP contribution in [-0.2, 0) is 0 Å². The zero-order chi connectivity index (χ0) is 26.0. The molecular formula is C32H26N6. The highest BCUT2D eigenvalue weighted by Crippen LogP contribution is 2.46. The Morgan fingerprint density at radius 3 is 1.82 bits per heavy atom. The Labute approximate surface area is 219 Å². The van der Waals surface area contributed by atoms with Gasteiger partial charge in [-0.2, -0.15) is 0 Å². The van der Waals surface area contributed by atoms with Crippen LogP contribution >= 0.6 is 0 Å². The number of hydrogen-bond donors (Lipinski definition) is 2. The molecule has 2 aromatic heterocycles. The Bertz CT molecular complexity index is 1990. The van der Waals surface area contributed by atoms with E-state index in [0.717, 1.165) is 54.7 Å². The lowest BCUT2D eigenvalue weighted by Gasteiger charge is -2.20. The third-order valence-corrected chi connectivity index (χ3v) is 7.50. The predicted molar refractivity (Wildman–Crippen MR) is 156 cm³/mol. The highest BCUT2D eigenvalue weighted by molar-refractivity contribution is 6.03. The van der Waals surface area contributed by atoms with Crippen LogP contribution in [0.25, 0.3) is 46.6 Å². The van der Waals surface area contributed by atoms with E-state index >= 15 is 0 Å². The number of benzene rings is 3. The van der Waals surface area contributed by atoms with E-state index < -0.39 is 0 Å². The van der Waals surface area contributed by atoms with Crippen molar-refractivity contribution in [3.63, 3.8) is 0 Å². The fraction of sp³-hybridized carbons (Fsp3) is 0.0625. The van der Waals surface area contributed by atoms with E-state index in [9.17, 15) is 0 Å². The second-order valence-electron chi connectivity index (χ2n) is 9.53. The van der Waals surface area contributed by atoms with Crippen LogP contribution < -0.4 is 32.6 Å². The van der Waals surface area contributed by atoms with Crippen molar-refractivity contribution < 1.29 is 0 Å². The first-order chi connectivity index (χ1) is 18.6. The Morgan fingerprint density at radius 1 is 0.658 bits per heavy atom. The van der Waals surface area contributed by atoms with Gasteiger partial charge in [0.2, 0.25) is 0 Å². The molecule has 0 aliphatic carbocycles. The Kier molecular flexibility index (Phi) is 4.78. The second-order valence-corrected chi connectivity index (χ2v) is 9.53. The summed E-state index contributed by atoms with van der Waals surface area (Å²) in [5, 5.41) is 5.01. The van der Waals surface area contributed by atoms with Crippen molar-refractivity contribution in [1.29, 1.82) is 0 Å². The summed E-state index contributed by atoms with van der Waals surface area (Å²) in [6, 6.07) is 24.4. The molecule has 0 radical (unpaired) electrons. The van der Waals surface area contributed by atoms with Gasteiger partial charge < -0.3 is 20.6 Å². The summed E-state index contributed by atoms with van der Waals surface area (Å²) in [4.78, 5) is 10.1. The van der Waals surface area contributed by atoms with Crippen molar-refractivity contribution >= 4 is 46.6 Å². The van der Waals surface area contributed by atoms with Gasteiger partial charge in [0.1, 0.15) is 12.3 Å². The SMILES string of the molecule is C=Cc1c(N)c(-c2c(N)c3ccccc3n2C2C=c3ccccc3=N2)n(C2C=c3ccccc3=N2)c1C=C. The van der Waals surface area contributed by atoms with Crippen LogP contribution in [0.3, 0.4) is 0 Å². The van der Waals surface area contributed by atoms with Crippen LogP contribution in [0.2, 0.25) is 0 Å². The standard InChI is InChI=1S/C32H26N6/c1-3-21-25(4-2)37(27-17-19-11-5-8-14-23(19)35-27)31(29(21)33)32-30(34)22-13-7-10-16-26(22)38(32)28-18-20-12-6-9-15-24(20)36-28/h3-18,27-28H,1-2,33-34H2. The van der Waals surface area contributed by atoms with E-state index in [1.165, 1.54) is 0 Å². The van der Waals surface area contributed by atoms with Gasteiger partial charge in [0.05, 0.1) is 44.7 Å². The lowest BCUT2D eigenvalue weighted by Crippen LogP contribution is -2.19. The molecule has 2 atom stereocenters. The fourth-order valence-corrected chi connectivity index (χ4v) is 5.83. The summed E-state index contributed by atoms with van der Waals surface area (Å²) in [5.41, 5.74) is 19.4. The largest absolute Gasteiger partial charge is 0.396 e. The van der Waals surface area contributed by atoms with Crippen molar-refractivity contribution in [2.24, 2.45) is 9.98 Å². The van der Waals surface area contributed by atoms with Crippen LogP contribution in [0.5, 0.6) is 0 Å². The maximum atomic E-state index is 6.97. The summed E-state index contributed by atoms with van der Waals surface area (Å²) >= 11 is 0. The molecule has 3 aromatic carbocycles. The number of aromatic nitrogens is 2. The maximum Gasteiger partial charge on any atom is 0.146 e. The minimum atomic E-state index is -0.320. The highest BCUT2D eigenvalue weighted by atomic mass is 15.2. The van der Waals surface area contributed by atoms with Gasteiger partial charge in [0.25, 0.3) is 0 Å². The first-order valence-electron chi connectivity index (χ1n) is 12.6. The monoisotopic (exact) mass is 494 g/mol. The second kappa shape index (κ2) is 8.21. The lowest BCUT2D eigenvalue weighted by molar-refractivity contribution is 0.648. The molecule has 4 N–H and O–H groups in total. The first-order valence-corrected chi connectivity index (χ1v) is 12.6. The molecule has 2 aliphatic heterocycles. The average molecular weight is 495 g/mol. The normalized spacial score (nSPS) is 17.2. The Hall–Kier alpha value is -5.10. The third-order valence-electron chi connectivity index (χ3n) is 7.50. The number of nitrogens with two attached hydrogens (primary N) is 2. The van der Waals surface area contributed by atoms with Gasteiger partial charge in [0, 0.05) is 10.9 Å². The van der Waals surface area contributed by atoms with Gasteiger partial charge >= 0.3 is 0 Å². The van der Waals surface area contributed by atoms with E-state index in [2.05, 4.69) is 52.6 Å². The number of rotatable bonds is 5. The van der Waals surface area contributed by atoms with E-state index in [1.54, 1.807) is 6.08 Å². The molecule has 0 fully saturated rings. The van der Waals surface area contributed by atoms with E-state index in [0.29, 0.717) is 11.4 Å². The maximum absolute atomic E-state index is 6.97. The van der Waals surface area contributed by atoms with Crippen molar-refractivity contribution in [2.75, 3.05) is 11.5 Å². The summed E-state index contributed by atoms with van der Waals surface area (Å²) in [6.45, 7) is 8.18. The van der Waals surface area contributed by atoms with Crippen LogP contribution in [0, 0.1) is 0 Å². The van der Waals surface area contributed by atoms with Gasteiger partial charge in [-0.25, -0.2) is 0 Å². The third kappa shape index (κ3) is 3.00. The number of hydrogen-bond acceptors (Lipinski definition) is 4. The van der Waals surface area contributed by atoms with Gasteiger partial charge in [-0.3, -0.25) is 9.98 Å². The molecule has 5 aromatic rings. The van der Waals surface area contributed by atoms with Crippen LogP contribution in [0.4, 0.5) is 11.4 Å². The van der Waals surface area contributed by atoms with Gasteiger partial charge in [0.15, 0.2) is 0 Å². The average Bonchev–Trinajstić information content (AvgIpc) is 3.69. The molecule has 0 bridgehead atoms. The lowest BCUT2D eigenvalue weighted by atomic mass is 10.1. The summed E-state index contributed by atoms with van der Waals surface area (Å²) < 4.78 is 4.32. The molecule has 2 unspecified atom stereocenters. The molecule has 6 nitrogen and oxygen atoms in total. The molecule has 7 rings (SSSR count). The Balaban J connectivity index is 1.59. The number of para-hydroxylation sites is 3. The smallest absolute Gasteiger partial charge is 0.146 e. The zero-order valence-electron chi connectivity index (χ0n) is 20.8. The minimum Gasteiger partial charge on any atom is -0.396 e. The van der Waals surface area contributed by atoms with Crippen molar-refractivity contribution in [2.45, 2.75) is 12.3 Å². The van der Waals surface area contributed by atoms with Crippen molar-refractivity contribution in [1.82, 2.24) is 9.13 Å². The van der Waals surface area contributed by atoms with Gasteiger partial charge in [-0.15, -0.1) is 0 Å². The molecule has 0 amide bonds.